The summed E-state index contributed by atoms with van der Waals surface area (Å²) in [6.45, 7) is 0.845. The molecule has 28 heavy (non-hydrogen) atoms. The van der Waals surface area contributed by atoms with Gasteiger partial charge in [0.15, 0.2) is 0 Å². The van der Waals surface area contributed by atoms with Crippen LogP contribution in [0, 0.1) is 0 Å². The molecule has 1 aliphatic rings. The number of nitrogens with zero attached hydrogens (tertiary/aromatic N) is 4. The van der Waals surface area contributed by atoms with Crippen molar-refractivity contribution < 1.29 is 4.79 Å². The number of carbonyl (C=O) groups excluding carboxylic acids is 1. The normalized spacial score (nSPS) is 16.2. The van der Waals surface area contributed by atoms with Crippen LogP contribution in [-0.2, 0) is 30.6 Å². The molecule has 6 heteroatoms. The number of aryl methyl sites for hydroxylation is 2. The van der Waals surface area contributed by atoms with E-state index >= 15 is 0 Å². The van der Waals surface area contributed by atoms with Crippen molar-refractivity contribution in [2.24, 2.45) is 0 Å². The zero-order chi connectivity index (χ0) is 19.2. The summed E-state index contributed by atoms with van der Waals surface area (Å²) in [5, 5.41) is 12.0. The molecule has 3 aromatic rings. The second kappa shape index (κ2) is 8.78. The van der Waals surface area contributed by atoms with Gasteiger partial charge >= 0.3 is 0 Å². The number of hydrogen-bond donors (Lipinski definition) is 1. The summed E-state index contributed by atoms with van der Waals surface area (Å²) < 4.78 is 2.23. The van der Waals surface area contributed by atoms with Crippen molar-refractivity contribution in [3.8, 4) is 0 Å². The number of fused-ring (bicyclic) bond motifs is 1. The van der Waals surface area contributed by atoms with E-state index in [4.69, 9.17) is 0 Å². The van der Waals surface area contributed by atoms with Crippen LogP contribution in [0.4, 0.5) is 0 Å². The Morgan fingerprint density at radius 2 is 1.93 bits per heavy atom. The van der Waals surface area contributed by atoms with Crippen LogP contribution in [0.2, 0.25) is 0 Å². The first-order chi connectivity index (χ1) is 13.8. The summed E-state index contributed by atoms with van der Waals surface area (Å²) in [6.07, 6.45) is 8.23. The van der Waals surface area contributed by atoms with Crippen molar-refractivity contribution in [2.75, 3.05) is 0 Å². The third-order valence-electron chi connectivity index (χ3n) is 5.26. The van der Waals surface area contributed by atoms with Gasteiger partial charge in [0.1, 0.15) is 11.6 Å². The monoisotopic (exact) mass is 375 g/mol. The molecule has 0 bridgehead atoms. The molecule has 0 spiro atoms. The van der Waals surface area contributed by atoms with Crippen molar-refractivity contribution in [1.82, 2.24) is 25.1 Å². The van der Waals surface area contributed by atoms with Crippen LogP contribution in [0.15, 0.2) is 54.9 Å². The fourth-order valence-corrected chi connectivity index (χ4v) is 3.71. The summed E-state index contributed by atoms with van der Waals surface area (Å²) in [6, 6.07) is 14.4. The molecule has 0 radical (unpaired) electrons. The van der Waals surface area contributed by atoms with Crippen LogP contribution in [0.25, 0.3) is 0 Å². The molecule has 0 aliphatic carbocycles. The first kappa shape index (κ1) is 18.3. The molecule has 6 nitrogen and oxygen atoms in total. The maximum absolute atomic E-state index is 12.3. The van der Waals surface area contributed by atoms with Crippen LogP contribution in [0.3, 0.4) is 0 Å². The second-order valence-electron chi connectivity index (χ2n) is 7.30. The summed E-state index contributed by atoms with van der Waals surface area (Å²) >= 11 is 0. The fourth-order valence-electron chi connectivity index (χ4n) is 3.71. The highest BCUT2D eigenvalue weighted by Gasteiger charge is 2.21. The van der Waals surface area contributed by atoms with E-state index in [0.717, 1.165) is 55.9 Å². The Kier molecular flexibility index (Phi) is 5.75. The third-order valence-corrected chi connectivity index (χ3v) is 5.26. The van der Waals surface area contributed by atoms with Gasteiger partial charge in [0, 0.05) is 44.2 Å². The minimum absolute atomic E-state index is 0.107. The molecule has 1 N–H and O–H groups in total. The van der Waals surface area contributed by atoms with Gasteiger partial charge in [0.05, 0.1) is 0 Å². The van der Waals surface area contributed by atoms with E-state index in [1.807, 2.05) is 36.5 Å². The number of aromatic nitrogens is 4. The van der Waals surface area contributed by atoms with Crippen molar-refractivity contribution in [3.05, 3.63) is 77.6 Å². The Morgan fingerprint density at radius 1 is 1.07 bits per heavy atom. The van der Waals surface area contributed by atoms with Crippen molar-refractivity contribution in [2.45, 2.75) is 51.1 Å². The lowest BCUT2D eigenvalue weighted by Crippen LogP contribution is -2.35. The summed E-state index contributed by atoms with van der Waals surface area (Å²) in [7, 11) is 0. The van der Waals surface area contributed by atoms with Crippen LogP contribution in [-0.4, -0.2) is 31.7 Å². The van der Waals surface area contributed by atoms with Gasteiger partial charge in [-0.1, -0.05) is 36.4 Å². The number of benzene rings is 1. The maximum Gasteiger partial charge on any atom is 0.220 e. The Balaban J connectivity index is 1.31. The summed E-state index contributed by atoms with van der Waals surface area (Å²) in [5.74, 6) is 2.14. The number of carbonyl (C=O) groups is 1. The molecule has 1 atom stereocenters. The minimum atomic E-state index is 0.107. The lowest BCUT2D eigenvalue weighted by Gasteiger charge is -2.16. The van der Waals surface area contributed by atoms with E-state index in [1.54, 1.807) is 6.20 Å². The molecule has 0 fully saturated rings. The van der Waals surface area contributed by atoms with Gasteiger partial charge in [-0.2, -0.15) is 0 Å². The van der Waals surface area contributed by atoms with E-state index in [1.165, 1.54) is 5.56 Å². The van der Waals surface area contributed by atoms with Gasteiger partial charge in [0.25, 0.3) is 0 Å². The van der Waals surface area contributed by atoms with E-state index in [0.29, 0.717) is 6.42 Å². The first-order valence-electron chi connectivity index (χ1n) is 9.91. The number of nitrogens with one attached hydrogen (secondary N) is 1. The number of hydrogen-bond acceptors (Lipinski definition) is 4. The highest BCUT2D eigenvalue weighted by molar-refractivity contribution is 5.76. The second-order valence-corrected chi connectivity index (χ2v) is 7.30. The average Bonchev–Trinajstić information content (AvgIpc) is 2.99. The van der Waals surface area contributed by atoms with E-state index in [9.17, 15) is 4.79 Å². The lowest BCUT2D eigenvalue weighted by molar-refractivity contribution is -0.121. The molecule has 3 heterocycles. The SMILES string of the molecule is O=C(CCc1cccnc1)NC1CCc2nnc(Cc3ccccc3)n2CC1. The molecule has 1 amide bonds. The predicted molar refractivity (Wildman–Crippen MR) is 107 cm³/mol. The Bertz CT molecular complexity index is 907. The van der Waals surface area contributed by atoms with Crippen LogP contribution < -0.4 is 5.32 Å². The molecule has 144 valence electrons. The molecular weight excluding hydrogens is 350 g/mol. The van der Waals surface area contributed by atoms with Crippen LogP contribution >= 0.6 is 0 Å². The molecule has 2 aromatic heterocycles. The number of pyridine rings is 1. The highest BCUT2D eigenvalue weighted by atomic mass is 16.1. The number of amides is 1. The zero-order valence-corrected chi connectivity index (χ0v) is 15.9. The molecule has 0 saturated carbocycles. The van der Waals surface area contributed by atoms with E-state index in [-0.39, 0.29) is 11.9 Å². The Morgan fingerprint density at radius 3 is 2.75 bits per heavy atom. The van der Waals surface area contributed by atoms with Gasteiger partial charge in [0.2, 0.25) is 5.91 Å². The lowest BCUT2D eigenvalue weighted by atomic mass is 10.1. The molecule has 0 saturated heterocycles. The molecule has 1 unspecified atom stereocenters. The Hall–Kier alpha value is -3.02. The summed E-state index contributed by atoms with van der Waals surface area (Å²) in [5.41, 5.74) is 2.33. The molecule has 4 rings (SSSR count). The molecular formula is C22H25N5O. The molecule has 1 aromatic carbocycles. The van der Waals surface area contributed by atoms with Crippen molar-refractivity contribution >= 4 is 5.91 Å². The van der Waals surface area contributed by atoms with E-state index < -0.39 is 0 Å². The van der Waals surface area contributed by atoms with Gasteiger partial charge in [-0.3, -0.25) is 9.78 Å². The van der Waals surface area contributed by atoms with Crippen molar-refractivity contribution in [1.29, 1.82) is 0 Å². The molecule has 1 aliphatic heterocycles. The predicted octanol–water partition coefficient (Wildman–Crippen LogP) is 2.72. The summed E-state index contributed by atoms with van der Waals surface area (Å²) in [4.78, 5) is 16.4. The highest BCUT2D eigenvalue weighted by Crippen LogP contribution is 2.17. The first-order valence-corrected chi connectivity index (χ1v) is 9.91. The van der Waals surface area contributed by atoms with Crippen LogP contribution in [0.5, 0.6) is 0 Å². The number of rotatable bonds is 6. The maximum atomic E-state index is 12.3. The largest absolute Gasteiger partial charge is 0.353 e. The zero-order valence-electron chi connectivity index (χ0n) is 15.9. The van der Waals surface area contributed by atoms with Gasteiger partial charge in [-0.15, -0.1) is 10.2 Å². The average molecular weight is 375 g/mol. The topological polar surface area (TPSA) is 72.7 Å². The Labute approximate surface area is 165 Å². The quantitative estimate of drug-likeness (QED) is 0.719. The standard InChI is InChI=1S/C22H25N5O/c28-22(11-8-18-7-4-13-23-16-18)24-19-9-10-20-25-26-21(27(20)14-12-19)15-17-5-2-1-3-6-17/h1-7,13,16,19H,8-12,14-15H2,(H,24,28). The van der Waals surface area contributed by atoms with Gasteiger partial charge in [-0.25, -0.2) is 0 Å². The minimum Gasteiger partial charge on any atom is -0.353 e. The third kappa shape index (κ3) is 4.63. The van der Waals surface area contributed by atoms with Crippen molar-refractivity contribution in [3.63, 3.8) is 0 Å². The van der Waals surface area contributed by atoms with Crippen LogP contribution in [0.1, 0.15) is 42.0 Å². The fraction of sp³-hybridized carbons (Fsp3) is 0.364. The van der Waals surface area contributed by atoms with E-state index in [2.05, 4.69) is 37.2 Å². The smallest absolute Gasteiger partial charge is 0.220 e. The van der Waals surface area contributed by atoms with Gasteiger partial charge < -0.3 is 9.88 Å². The van der Waals surface area contributed by atoms with Gasteiger partial charge in [-0.05, 0) is 36.5 Å².